The number of thioether (sulfide) groups is 1. The Hall–Kier alpha value is -1.67. The zero-order valence-corrected chi connectivity index (χ0v) is 18.0. The van der Waals surface area contributed by atoms with Crippen LogP contribution in [0.15, 0.2) is 35.6 Å². The largest absolute Gasteiger partial charge is 0.325 e. The first kappa shape index (κ1) is 21.6. The Bertz CT molecular complexity index is 929. The Labute approximate surface area is 173 Å². The third-order valence-electron chi connectivity index (χ3n) is 4.13. The number of nitrogens with one attached hydrogen (secondary N) is 2. The van der Waals surface area contributed by atoms with Crippen molar-refractivity contribution in [3.63, 3.8) is 0 Å². The minimum atomic E-state index is -0.0321. The molecule has 0 saturated carbocycles. The molecule has 5 nitrogen and oxygen atoms in total. The first-order valence-corrected chi connectivity index (χ1v) is 10.3. The van der Waals surface area contributed by atoms with Crippen molar-refractivity contribution in [2.75, 3.05) is 17.6 Å². The van der Waals surface area contributed by atoms with Gasteiger partial charge in [0.05, 0.1) is 5.75 Å². The van der Waals surface area contributed by atoms with Crippen molar-refractivity contribution in [3.05, 3.63) is 46.6 Å². The fourth-order valence-electron chi connectivity index (χ4n) is 2.64. The van der Waals surface area contributed by atoms with Gasteiger partial charge in [0, 0.05) is 22.5 Å². The number of amides is 1. The number of aromatic nitrogens is 2. The predicted molar refractivity (Wildman–Crippen MR) is 117 cm³/mol. The highest BCUT2D eigenvalue weighted by Gasteiger charge is 2.14. The smallest absolute Gasteiger partial charge is 0.234 e. The summed E-state index contributed by atoms with van der Waals surface area (Å²) in [6.07, 6.45) is 1.57. The van der Waals surface area contributed by atoms with Gasteiger partial charge in [-0.25, -0.2) is 9.97 Å². The maximum atomic E-state index is 12.4. The monoisotopic (exact) mass is 422 g/mol. The molecule has 8 heteroatoms. The average molecular weight is 423 g/mol. The van der Waals surface area contributed by atoms with Gasteiger partial charge in [-0.1, -0.05) is 36.9 Å². The Morgan fingerprint density at radius 2 is 2.00 bits per heavy atom. The first-order chi connectivity index (χ1) is 12.6. The van der Waals surface area contributed by atoms with Crippen molar-refractivity contribution in [1.82, 2.24) is 15.3 Å². The number of carbonyl (C=O) groups is 1. The molecular formula is C19H23ClN4OS2. The maximum absolute atomic E-state index is 12.4. The molecule has 0 spiro atoms. The van der Waals surface area contributed by atoms with Crippen LogP contribution in [0, 0.1) is 13.8 Å². The summed E-state index contributed by atoms with van der Waals surface area (Å²) in [5.74, 6) is 0.283. The number of carbonyl (C=O) groups excluding carboxylic acids is 1. The SMILES string of the molecule is CCNCc1ccccc1NC(=O)CSc1ncnc2sc(C)c(C)c12.Cl. The number of anilines is 1. The highest BCUT2D eigenvalue weighted by molar-refractivity contribution is 8.00. The van der Waals surface area contributed by atoms with Gasteiger partial charge in [0.25, 0.3) is 0 Å². The molecule has 0 aliphatic rings. The van der Waals surface area contributed by atoms with Crippen LogP contribution in [0.2, 0.25) is 0 Å². The van der Waals surface area contributed by atoms with Gasteiger partial charge in [0.1, 0.15) is 16.2 Å². The molecule has 0 radical (unpaired) electrons. The summed E-state index contributed by atoms with van der Waals surface area (Å²) in [6, 6.07) is 7.88. The Balaban J connectivity index is 0.00000261. The van der Waals surface area contributed by atoms with E-state index in [0.717, 1.165) is 39.6 Å². The molecular weight excluding hydrogens is 400 g/mol. The van der Waals surface area contributed by atoms with E-state index >= 15 is 0 Å². The van der Waals surface area contributed by atoms with Crippen molar-refractivity contribution >= 4 is 57.3 Å². The summed E-state index contributed by atoms with van der Waals surface area (Å²) in [4.78, 5) is 23.4. The molecule has 2 aromatic heterocycles. The van der Waals surface area contributed by atoms with E-state index in [2.05, 4.69) is 41.4 Å². The molecule has 0 saturated heterocycles. The number of halogens is 1. The number of rotatable bonds is 7. The summed E-state index contributed by atoms with van der Waals surface area (Å²) in [6.45, 7) is 7.86. The zero-order chi connectivity index (χ0) is 18.5. The lowest BCUT2D eigenvalue weighted by atomic mass is 10.1. The molecule has 2 N–H and O–H groups in total. The molecule has 3 rings (SSSR count). The van der Waals surface area contributed by atoms with Gasteiger partial charge in [-0.05, 0) is 37.6 Å². The van der Waals surface area contributed by atoms with E-state index in [-0.39, 0.29) is 18.3 Å². The number of hydrogen-bond donors (Lipinski definition) is 2. The highest BCUT2D eigenvalue weighted by atomic mass is 35.5. The van der Waals surface area contributed by atoms with Crippen molar-refractivity contribution in [2.24, 2.45) is 0 Å². The van der Waals surface area contributed by atoms with Crippen molar-refractivity contribution < 1.29 is 4.79 Å². The number of fused-ring (bicyclic) bond motifs is 1. The average Bonchev–Trinajstić information content (AvgIpc) is 2.94. The Kier molecular flexibility index (Phi) is 8.04. The third-order valence-corrected chi connectivity index (χ3v) is 6.23. The van der Waals surface area contributed by atoms with Gasteiger partial charge < -0.3 is 10.6 Å². The van der Waals surface area contributed by atoms with Gasteiger partial charge >= 0.3 is 0 Å². The molecule has 1 aromatic carbocycles. The number of para-hydroxylation sites is 1. The van der Waals surface area contributed by atoms with Gasteiger partial charge in [-0.15, -0.1) is 23.7 Å². The molecule has 144 valence electrons. The van der Waals surface area contributed by atoms with Crippen LogP contribution in [-0.4, -0.2) is 28.2 Å². The van der Waals surface area contributed by atoms with E-state index in [1.807, 2.05) is 24.3 Å². The van der Waals surface area contributed by atoms with Crippen LogP contribution >= 0.6 is 35.5 Å². The number of benzene rings is 1. The normalized spacial score (nSPS) is 10.6. The van der Waals surface area contributed by atoms with E-state index in [1.54, 1.807) is 17.7 Å². The molecule has 0 aliphatic carbocycles. The molecule has 0 aliphatic heterocycles. The lowest BCUT2D eigenvalue weighted by Crippen LogP contribution is -2.18. The summed E-state index contributed by atoms with van der Waals surface area (Å²) >= 11 is 3.12. The minimum absolute atomic E-state index is 0. The van der Waals surface area contributed by atoms with Crippen LogP contribution in [0.5, 0.6) is 0 Å². The summed E-state index contributed by atoms with van der Waals surface area (Å²) in [5.41, 5.74) is 3.14. The predicted octanol–water partition coefficient (Wildman–Crippen LogP) is 4.57. The van der Waals surface area contributed by atoms with Crippen LogP contribution in [0.25, 0.3) is 10.2 Å². The van der Waals surface area contributed by atoms with Crippen molar-refractivity contribution in [2.45, 2.75) is 32.3 Å². The highest BCUT2D eigenvalue weighted by Crippen LogP contribution is 2.34. The second kappa shape index (κ2) is 10.0. The molecule has 0 fully saturated rings. The fourth-order valence-corrected chi connectivity index (χ4v) is 4.55. The van der Waals surface area contributed by atoms with Crippen molar-refractivity contribution in [1.29, 1.82) is 0 Å². The van der Waals surface area contributed by atoms with Crippen LogP contribution in [0.3, 0.4) is 0 Å². The van der Waals surface area contributed by atoms with E-state index in [0.29, 0.717) is 5.75 Å². The van der Waals surface area contributed by atoms with Gasteiger partial charge in [-0.2, -0.15) is 0 Å². The van der Waals surface area contributed by atoms with Crippen LogP contribution in [0.4, 0.5) is 5.69 Å². The van der Waals surface area contributed by atoms with E-state index < -0.39 is 0 Å². The van der Waals surface area contributed by atoms with Crippen molar-refractivity contribution in [3.8, 4) is 0 Å². The lowest BCUT2D eigenvalue weighted by Gasteiger charge is -2.11. The van der Waals surface area contributed by atoms with E-state index in [4.69, 9.17) is 0 Å². The van der Waals surface area contributed by atoms with Gasteiger partial charge in [0.15, 0.2) is 0 Å². The van der Waals surface area contributed by atoms with E-state index in [9.17, 15) is 4.79 Å². The van der Waals surface area contributed by atoms with Crippen LogP contribution in [-0.2, 0) is 11.3 Å². The second-order valence-electron chi connectivity index (χ2n) is 5.92. The molecule has 3 aromatic rings. The van der Waals surface area contributed by atoms with Gasteiger partial charge in [-0.3, -0.25) is 4.79 Å². The van der Waals surface area contributed by atoms with Gasteiger partial charge in [0.2, 0.25) is 5.91 Å². The standard InChI is InChI=1S/C19H22N4OS2.ClH/c1-4-20-9-14-7-5-6-8-15(14)23-16(24)10-25-18-17-12(2)13(3)26-19(17)22-11-21-18;/h5-8,11,20H,4,9-10H2,1-3H3,(H,23,24);1H. The number of hydrogen-bond acceptors (Lipinski definition) is 6. The topological polar surface area (TPSA) is 66.9 Å². The van der Waals surface area contributed by atoms with Crippen LogP contribution < -0.4 is 10.6 Å². The molecule has 0 atom stereocenters. The Morgan fingerprint density at radius 3 is 2.78 bits per heavy atom. The number of thiophene rings is 1. The summed E-state index contributed by atoms with van der Waals surface area (Å²) < 4.78 is 0. The Morgan fingerprint density at radius 1 is 1.22 bits per heavy atom. The summed E-state index contributed by atoms with van der Waals surface area (Å²) in [5, 5.41) is 8.25. The maximum Gasteiger partial charge on any atom is 0.234 e. The molecule has 0 bridgehead atoms. The molecule has 27 heavy (non-hydrogen) atoms. The quantitative estimate of drug-likeness (QED) is 0.431. The van der Waals surface area contributed by atoms with E-state index in [1.165, 1.54) is 22.2 Å². The summed E-state index contributed by atoms with van der Waals surface area (Å²) in [7, 11) is 0. The lowest BCUT2D eigenvalue weighted by molar-refractivity contribution is -0.113. The number of aryl methyl sites for hydroxylation is 2. The molecule has 0 unspecified atom stereocenters. The fraction of sp³-hybridized carbons (Fsp3) is 0.316. The third kappa shape index (κ3) is 5.19. The first-order valence-electron chi connectivity index (χ1n) is 8.52. The molecule has 1 amide bonds. The van der Waals surface area contributed by atoms with Crippen LogP contribution in [0.1, 0.15) is 22.9 Å². The minimum Gasteiger partial charge on any atom is -0.325 e. The number of nitrogens with zero attached hydrogens (tertiary/aromatic N) is 2. The second-order valence-corrected chi connectivity index (χ2v) is 8.08. The molecule has 2 heterocycles. The zero-order valence-electron chi connectivity index (χ0n) is 15.5.